The van der Waals surface area contributed by atoms with Crippen LogP contribution in [0.3, 0.4) is 0 Å². The molecule has 0 aromatic heterocycles. The zero-order chi connectivity index (χ0) is 15.1. The second-order valence-corrected chi connectivity index (χ2v) is 6.26. The summed E-state index contributed by atoms with van der Waals surface area (Å²) in [6.07, 6.45) is 6.46. The predicted octanol–water partition coefficient (Wildman–Crippen LogP) is 1.09. The van der Waals surface area contributed by atoms with Crippen LogP contribution in [0, 0.1) is 0 Å². The lowest BCUT2D eigenvalue weighted by Gasteiger charge is -2.37. The number of nitrogens with one attached hydrogen (secondary N) is 1. The van der Waals surface area contributed by atoms with Gasteiger partial charge in [0.25, 0.3) is 0 Å². The number of hydrogen-bond acceptors (Lipinski definition) is 4. The molecule has 1 unspecified atom stereocenters. The predicted molar refractivity (Wildman–Crippen MR) is 84.4 cm³/mol. The SMILES string of the molecule is CCN(C(=O)CN1CCOC(CNC)C1)C1CCCCC1. The first-order valence-corrected chi connectivity index (χ1v) is 8.52. The van der Waals surface area contributed by atoms with Crippen molar-refractivity contribution in [1.82, 2.24) is 15.1 Å². The zero-order valence-electron chi connectivity index (χ0n) is 13.6. The quantitative estimate of drug-likeness (QED) is 0.797. The molecular weight excluding hydrogens is 266 g/mol. The summed E-state index contributed by atoms with van der Waals surface area (Å²) in [5.74, 6) is 0.300. The van der Waals surface area contributed by atoms with Crippen LogP contribution in [-0.4, -0.2) is 74.2 Å². The number of rotatable bonds is 6. The zero-order valence-corrected chi connectivity index (χ0v) is 13.6. The minimum absolute atomic E-state index is 0.210. The van der Waals surface area contributed by atoms with Crippen molar-refractivity contribution in [2.75, 3.05) is 46.4 Å². The molecule has 1 N–H and O–H groups in total. The van der Waals surface area contributed by atoms with Crippen molar-refractivity contribution in [3.63, 3.8) is 0 Å². The van der Waals surface area contributed by atoms with Crippen LogP contribution in [0.15, 0.2) is 0 Å². The van der Waals surface area contributed by atoms with Crippen molar-refractivity contribution in [3.05, 3.63) is 0 Å². The van der Waals surface area contributed by atoms with Crippen molar-refractivity contribution >= 4 is 5.91 Å². The Hall–Kier alpha value is -0.650. The number of morpholine rings is 1. The molecule has 0 radical (unpaired) electrons. The summed E-state index contributed by atoms with van der Waals surface area (Å²) < 4.78 is 5.70. The topological polar surface area (TPSA) is 44.8 Å². The molecule has 1 aliphatic carbocycles. The maximum absolute atomic E-state index is 12.6. The minimum Gasteiger partial charge on any atom is -0.374 e. The van der Waals surface area contributed by atoms with E-state index in [1.165, 1.54) is 32.1 Å². The van der Waals surface area contributed by atoms with Crippen molar-refractivity contribution in [2.45, 2.75) is 51.2 Å². The van der Waals surface area contributed by atoms with Crippen molar-refractivity contribution < 1.29 is 9.53 Å². The Balaban J connectivity index is 1.83. The van der Waals surface area contributed by atoms with Gasteiger partial charge >= 0.3 is 0 Å². The maximum atomic E-state index is 12.6. The molecule has 1 amide bonds. The van der Waals surface area contributed by atoms with Gasteiger partial charge in [-0.25, -0.2) is 0 Å². The van der Waals surface area contributed by atoms with Crippen LogP contribution >= 0.6 is 0 Å². The van der Waals surface area contributed by atoms with E-state index in [1.807, 2.05) is 7.05 Å². The number of hydrogen-bond donors (Lipinski definition) is 1. The van der Waals surface area contributed by atoms with E-state index in [0.717, 1.165) is 32.8 Å². The normalized spacial score (nSPS) is 25.0. The number of carbonyl (C=O) groups is 1. The van der Waals surface area contributed by atoms with Gasteiger partial charge in [0.05, 0.1) is 19.3 Å². The summed E-state index contributed by atoms with van der Waals surface area (Å²) in [5, 5.41) is 3.15. The summed E-state index contributed by atoms with van der Waals surface area (Å²) >= 11 is 0. The van der Waals surface area contributed by atoms with E-state index in [1.54, 1.807) is 0 Å². The van der Waals surface area contributed by atoms with Gasteiger partial charge in [0, 0.05) is 32.2 Å². The van der Waals surface area contributed by atoms with Gasteiger partial charge in [-0.2, -0.15) is 0 Å². The molecule has 0 aromatic carbocycles. The molecule has 21 heavy (non-hydrogen) atoms. The molecule has 2 aliphatic rings. The molecule has 122 valence electrons. The Labute approximate surface area is 129 Å². The highest BCUT2D eigenvalue weighted by molar-refractivity contribution is 5.78. The fraction of sp³-hybridized carbons (Fsp3) is 0.938. The van der Waals surface area contributed by atoms with Crippen LogP contribution < -0.4 is 5.32 Å². The van der Waals surface area contributed by atoms with Gasteiger partial charge in [-0.05, 0) is 26.8 Å². The number of amides is 1. The van der Waals surface area contributed by atoms with Gasteiger partial charge in [-0.3, -0.25) is 9.69 Å². The second kappa shape index (κ2) is 8.71. The van der Waals surface area contributed by atoms with Crippen LogP contribution in [0.1, 0.15) is 39.0 Å². The molecule has 0 bridgehead atoms. The number of ether oxygens (including phenoxy) is 1. The second-order valence-electron chi connectivity index (χ2n) is 6.26. The Morgan fingerprint density at radius 3 is 2.76 bits per heavy atom. The molecule has 2 fully saturated rings. The number of likely N-dealkylation sites (N-methyl/N-ethyl adjacent to an activating group) is 2. The van der Waals surface area contributed by atoms with Crippen LogP contribution in [-0.2, 0) is 9.53 Å². The van der Waals surface area contributed by atoms with Crippen molar-refractivity contribution in [3.8, 4) is 0 Å². The lowest BCUT2D eigenvalue weighted by Crippen LogP contribution is -2.51. The highest BCUT2D eigenvalue weighted by Crippen LogP contribution is 2.22. The summed E-state index contributed by atoms with van der Waals surface area (Å²) in [7, 11) is 1.94. The molecule has 0 spiro atoms. The van der Waals surface area contributed by atoms with E-state index in [2.05, 4.69) is 22.0 Å². The number of nitrogens with zero attached hydrogens (tertiary/aromatic N) is 2. The van der Waals surface area contributed by atoms with E-state index in [0.29, 0.717) is 18.5 Å². The lowest BCUT2D eigenvalue weighted by atomic mass is 9.94. The van der Waals surface area contributed by atoms with Gasteiger partial charge in [-0.15, -0.1) is 0 Å². The monoisotopic (exact) mass is 297 g/mol. The average Bonchev–Trinajstić information content (AvgIpc) is 2.50. The highest BCUT2D eigenvalue weighted by Gasteiger charge is 2.27. The average molecular weight is 297 g/mol. The first kappa shape index (κ1) is 16.7. The Morgan fingerprint density at radius 2 is 2.10 bits per heavy atom. The molecule has 0 aromatic rings. The molecule has 1 aliphatic heterocycles. The summed E-state index contributed by atoms with van der Waals surface area (Å²) in [5.41, 5.74) is 0. The van der Waals surface area contributed by atoms with Gasteiger partial charge in [0.15, 0.2) is 0 Å². The van der Waals surface area contributed by atoms with Gasteiger partial charge in [-0.1, -0.05) is 19.3 Å². The van der Waals surface area contributed by atoms with Crippen LogP contribution in [0.2, 0.25) is 0 Å². The Kier molecular flexibility index (Phi) is 6.93. The van der Waals surface area contributed by atoms with E-state index >= 15 is 0 Å². The highest BCUT2D eigenvalue weighted by atomic mass is 16.5. The third-order valence-corrected chi connectivity index (χ3v) is 4.69. The molecule has 1 saturated carbocycles. The molecule has 5 nitrogen and oxygen atoms in total. The summed E-state index contributed by atoms with van der Waals surface area (Å²) in [6, 6.07) is 0.477. The van der Waals surface area contributed by atoms with Gasteiger partial charge in [0.1, 0.15) is 0 Å². The standard InChI is InChI=1S/C16H31N3O2/c1-3-19(14-7-5-4-6-8-14)16(20)13-18-9-10-21-15(12-18)11-17-2/h14-15,17H,3-13H2,1-2H3. The number of carbonyl (C=O) groups excluding carboxylic acids is 1. The van der Waals surface area contributed by atoms with Crippen LogP contribution in [0.5, 0.6) is 0 Å². The van der Waals surface area contributed by atoms with E-state index in [-0.39, 0.29) is 6.10 Å². The third-order valence-electron chi connectivity index (χ3n) is 4.69. The fourth-order valence-electron chi connectivity index (χ4n) is 3.59. The Morgan fingerprint density at radius 1 is 1.33 bits per heavy atom. The van der Waals surface area contributed by atoms with Gasteiger partial charge < -0.3 is 15.0 Å². The summed E-state index contributed by atoms with van der Waals surface area (Å²) in [6.45, 7) is 6.81. The minimum atomic E-state index is 0.210. The third kappa shape index (κ3) is 4.94. The molecule has 1 saturated heterocycles. The first-order chi connectivity index (χ1) is 10.2. The van der Waals surface area contributed by atoms with E-state index in [4.69, 9.17) is 4.74 Å². The van der Waals surface area contributed by atoms with Gasteiger partial charge in [0.2, 0.25) is 5.91 Å². The maximum Gasteiger partial charge on any atom is 0.236 e. The molecule has 5 heteroatoms. The molecule has 1 heterocycles. The van der Waals surface area contributed by atoms with Crippen molar-refractivity contribution in [2.24, 2.45) is 0 Å². The van der Waals surface area contributed by atoms with Crippen LogP contribution in [0.4, 0.5) is 0 Å². The summed E-state index contributed by atoms with van der Waals surface area (Å²) in [4.78, 5) is 17.0. The lowest BCUT2D eigenvalue weighted by molar-refractivity contribution is -0.137. The molecule has 2 rings (SSSR count). The fourth-order valence-corrected chi connectivity index (χ4v) is 3.59. The van der Waals surface area contributed by atoms with Crippen molar-refractivity contribution in [1.29, 1.82) is 0 Å². The smallest absolute Gasteiger partial charge is 0.236 e. The molecular formula is C16H31N3O2. The van der Waals surface area contributed by atoms with Crippen LogP contribution in [0.25, 0.3) is 0 Å². The largest absolute Gasteiger partial charge is 0.374 e. The first-order valence-electron chi connectivity index (χ1n) is 8.52. The van der Waals surface area contributed by atoms with E-state index < -0.39 is 0 Å². The van der Waals surface area contributed by atoms with E-state index in [9.17, 15) is 4.79 Å². The Bertz CT molecular complexity index is 317. The molecule has 1 atom stereocenters.